The van der Waals surface area contributed by atoms with Crippen LogP contribution in [-0.4, -0.2) is 4.98 Å². The zero-order valence-electron chi connectivity index (χ0n) is 7.32. The normalized spacial score (nSPS) is 11.6. The fourth-order valence-corrected chi connectivity index (χ4v) is 1.91. The van der Waals surface area contributed by atoms with E-state index in [4.69, 9.17) is 5.26 Å². The molecule has 0 saturated carbocycles. The molecule has 0 amide bonds. The van der Waals surface area contributed by atoms with Gasteiger partial charge in [0.2, 0.25) is 0 Å². The first kappa shape index (κ1) is 13.1. The number of rotatable bonds is 1. The maximum atomic E-state index is 12.4. The Morgan fingerprint density at radius 3 is 2.31 bits per heavy atom. The van der Waals surface area contributed by atoms with E-state index in [1.807, 2.05) is 0 Å². The zero-order valence-corrected chi connectivity index (χ0v) is 9.47. The third kappa shape index (κ3) is 2.58. The molecule has 86 valence electrons. The van der Waals surface area contributed by atoms with Crippen LogP contribution < -0.4 is 0 Å². The minimum atomic E-state index is -4.91. The Hall–Kier alpha value is -0.980. The lowest BCUT2D eigenvalue weighted by Crippen LogP contribution is -2.14. The SMILES string of the molecule is N#Cc1cc(I)c(C(F)(F)F)c(C(F)F)n1. The predicted molar refractivity (Wildman–Crippen MR) is 51.6 cm³/mol. The third-order valence-electron chi connectivity index (χ3n) is 1.60. The Balaban J connectivity index is 3.54. The van der Waals surface area contributed by atoms with E-state index in [0.29, 0.717) is 0 Å². The highest BCUT2D eigenvalue weighted by molar-refractivity contribution is 14.1. The Labute approximate surface area is 100 Å². The topological polar surface area (TPSA) is 36.7 Å². The van der Waals surface area contributed by atoms with Gasteiger partial charge in [-0.1, -0.05) is 0 Å². The first-order chi connectivity index (χ1) is 7.27. The van der Waals surface area contributed by atoms with Gasteiger partial charge in [0.25, 0.3) is 6.43 Å². The first-order valence-corrected chi connectivity index (χ1v) is 4.81. The molecule has 0 aliphatic heterocycles. The highest BCUT2D eigenvalue weighted by Crippen LogP contribution is 2.38. The van der Waals surface area contributed by atoms with Gasteiger partial charge in [-0.2, -0.15) is 18.4 Å². The molecule has 16 heavy (non-hydrogen) atoms. The summed E-state index contributed by atoms with van der Waals surface area (Å²) in [6.45, 7) is 0. The van der Waals surface area contributed by atoms with Gasteiger partial charge in [0.1, 0.15) is 17.5 Å². The fraction of sp³-hybridized carbons (Fsp3) is 0.250. The maximum Gasteiger partial charge on any atom is 0.419 e. The number of pyridine rings is 1. The molecule has 0 aliphatic carbocycles. The lowest BCUT2D eigenvalue weighted by molar-refractivity contribution is -0.140. The van der Waals surface area contributed by atoms with Crippen LogP contribution in [0.2, 0.25) is 0 Å². The summed E-state index contributed by atoms with van der Waals surface area (Å²) < 4.78 is 61.6. The van der Waals surface area contributed by atoms with Crippen molar-refractivity contribution in [2.75, 3.05) is 0 Å². The quantitative estimate of drug-likeness (QED) is 0.575. The van der Waals surface area contributed by atoms with Gasteiger partial charge >= 0.3 is 6.18 Å². The molecule has 2 nitrogen and oxygen atoms in total. The lowest BCUT2D eigenvalue weighted by atomic mass is 10.1. The number of aromatic nitrogens is 1. The van der Waals surface area contributed by atoms with Crippen molar-refractivity contribution in [3.8, 4) is 6.07 Å². The van der Waals surface area contributed by atoms with E-state index in [2.05, 4.69) is 4.98 Å². The van der Waals surface area contributed by atoms with Crippen molar-refractivity contribution in [1.82, 2.24) is 4.98 Å². The summed E-state index contributed by atoms with van der Waals surface area (Å²) in [5.41, 5.74) is -3.36. The zero-order chi connectivity index (χ0) is 12.5. The molecule has 8 heteroatoms. The van der Waals surface area contributed by atoms with Crippen LogP contribution in [0.5, 0.6) is 0 Å². The maximum absolute atomic E-state index is 12.4. The molecule has 0 atom stereocenters. The lowest BCUT2D eigenvalue weighted by Gasteiger charge is -2.13. The molecule has 0 radical (unpaired) electrons. The summed E-state index contributed by atoms with van der Waals surface area (Å²) in [7, 11) is 0. The monoisotopic (exact) mass is 348 g/mol. The number of nitrogens with zero attached hydrogens (tertiary/aromatic N) is 2. The second-order valence-corrected chi connectivity index (χ2v) is 3.82. The Morgan fingerprint density at radius 2 is 1.94 bits per heavy atom. The molecular formula is C8H2F5IN2. The molecule has 1 rings (SSSR count). The molecule has 0 unspecified atom stereocenters. The molecule has 0 N–H and O–H groups in total. The van der Waals surface area contributed by atoms with Crippen LogP contribution in [0.4, 0.5) is 22.0 Å². The van der Waals surface area contributed by atoms with Crippen LogP contribution >= 0.6 is 22.6 Å². The second kappa shape index (κ2) is 4.48. The number of hydrogen-bond acceptors (Lipinski definition) is 2. The first-order valence-electron chi connectivity index (χ1n) is 3.73. The summed E-state index contributed by atoms with van der Waals surface area (Å²) in [5, 5.41) is 8.42. The summed E-state index contributed by atoms with van der Waals surface area (Å²) in [6.07, 6.45) is -8.29. The van der Waals surface area contributed by atoms with Crippen LogP contribution in [0.25, 0.3) is 0 Å². The Kier molecular flexibility index (Phi) is 3.67. The van der Waals surface area contributed by atoms with E-state index >= 15 is 0 Å². The van der Waals surface area contributed by atoms with E-state index < -0.39 is 33.1 Å². The van der Waals surface area contributed by atoms with Crippen molar-refractivity contribution >= 4 is 22.6 Å². The number of nitriles is 1. The minimum Gasteiger partial charge on any atom is -0.235 e. The van der Waals surface area contributed by atoms with Gasteiger partial charge in [0.05, 0.1) is 5.56 Å². The van der Waals surface area contributed by atoms with E-state index in [1.165, 1.54) is 28.7 Å². The van der Waals surface area contributed by atoms with Crippen LogP contribution in [0, 0.1) is 14.9 Å². The van der Waals surface area contributed by atoms with Crippen molar-refractivity contribution in [2.24, 2.45) is 0 Å². The largest absolute Gasteiger partial charge is 0.419 e. The minimum absolute atomic E-state index is 0.465. The van der Waals surface area contributed by atoms with Crippen molar-refractivity contribution < 1.29 is 22.0 Å². The van der Waals surface area contributed by atoms with Gasteiger partial charge in [-0.25, -0.2) is 13.8 Å². The van der Waals surface area contributed by atoms with Crippen molar-refractivity contribution in [1.29, 1.82) is 5.26 Å². The number of alkyl halides is 5. The highest BCUT2D eigenvalue weighted by Gasteiger charge is 2.39. The predicted octanol–water partition coefficient (Wildman–Crippen LogP) is 3.51. The van der Waals surface area contributed by atoms with Crippen LogP contribution in [0.1, 0.15) is 23.4 Å². The van der Waals surface area contributed by atoms with Gasteiger partial charge < -0.3 is 0 Å². The molecular weight excluding hydrogens is 346 g/mol. The van der Waals surface area contributed by atoms with Gasteiger partial charge in [-0.05, 0) is 28.7 Å². The molecule has 0 bridgehead atoms. The van der Waals surface area contributed by atoms with Crippen molar-refractivity contribution in [3.63, 3.8) is 0 Å². The van der Waals surface area contributed by atoms with E-state index in [1.54, 1.807) is 0 Å². The van der Waals surface area contributed by atoms with Crippen LogP contribution in [0.15, 0.2) is 6.07 Å². The van der Waals surface area contributed by atoms with Gasteiger partial charge in [0, 0.05) is 3.57 Å². The molecule has 0 aromatic carbocycles. The second-order valence-electron chi connectivity index (χ2n) is 2.66. The molecule has 0 fully saturated rings. The molecule has 0 spiro atoms. The highest BCUT2D eigenvalue weighted by atomic mass is 127. The Bertz CT molecular complexity index is 449. The van der Waals surface area contributed by atoms with E-state index in [9.17, 15) is 22.0 Å². The average Bonchev–Trinajstić information content (AvgIpc) is 2.14. The summed E-state index contributed by atoms with van der Waals surface area (Å²) >= 11 is 1.25. The molecule has 1 heterocycles. The van der Waals surface area contributed by atoms with Crippen molar-refractivity contribution in [3.05, 3.63) is 26.6 Å². The molecule has 1 aromatic rings. The number of halogens is 6. The fourth-order valence-electron chi connectivity index (χ4n) is 1.03. The van der Waals surface area contributed by atoms with Gasteiger partial charge in [-0.3, -0.25) is 0 Å². The van der Waals surface area contributed by atoms with Crippen LogP contribution in [-0.2, 0) is 6.18 Å². The summed E-state index contributed by atoms with van der Waals surface area (Å²) in [5.74, 6) is 0. The third-order valence-corrected chi connectivity index (χ3v) is 2.45. The summed E-state index contributed by atoms with van der Waals surface area (Å²) in [4.78, 5) is 2.98. The molecule has 1 aromatic heterocycles. The van der Waals surface area contributed by atoms with E-state index in [0.717, 1.165) is 6.07 Å². The van der Waals surface area contributed by atoms with Crippen LogP contribution in [0.3, 0.4) is 0 Å². The molecule has 0 aliphatic rings. The van der Waals surface area contributed by atoms with Crippen molar-refractivity contribution in [2.45, 2.75) is 12.6 Å². The standard InChI is InChI=1S/C8H2F5IN2/c9-7(10)6-5(8(11,12)13)4(14)1-3(2-15)16-6/h1,7H. The van der Waals surface area contributed by atoms with E-state index in [-0.39, 0.29) is 0 Å². The smallest absolute Gasteiger partial charge is 0.235 e. The number of hydrogen-bond donors (Lipinski definition) is 0. The molecule has 0 saturated heterocycles. The average molecular weight is 348 g/mol. The Morgan fingerprint density at radius 1 is 1.38 bits per heavy atom. The van der Waals surface area contributed by atoms with Gasteiger partial charge in [-0.15, -0.1) is 0 Å². The van der Waals surface area contributed by atoms with Gasteiger partial charge in [0.15, 0.2) is 0 Å². The summed E-state index contributed by atoms with van der Waals surface area (Å²) in [6, 6.07) is 2.24.